The van der Waals surface area contributed by atoms with Crippen LogP contribution in [0.5, 0.6) is 0 Å². The van der Waals surface area contributed by atoms with Crippen LogP contribution in [0, 0.1) is 5.82 Å². The lowest BCUT2D eigenvalue weighted by molar-refractivity contribution is 0.277. The first-order chi connectivity index (χ1) is 8.66. The zero-order valence-corrected chi connectivity index (χ0v) is 10.5. The molecule has 98 valence electrons. The number of likely N-dealkylation sites (tertiary alicyclic amines) is 1. The standard InChI is InChI=1S/C13H19BFNO2/c15-13-6-5-11(9-12(13)14(17)18)10-16-7-3-1-2-4-8-16/h5-6,9,17-18H,1-4,7-8,10H2. The predicted molar refractivity (Wildman–Crippen MR) is 70.0 cm³/mol. The lowest BCUT2D eigenvalue weighted by atomic mass is 9.79. The van der Waals surface area contributed by atoms with Crippen molar-refractivity contribution in [1.82, 2.24) is 4.90 Å². The van der Waals surface area contributed by atoms with E-state index in [0.29, 0.717) is 0 Å². The molecule has 18 heavy (non-hydrogen) atoms. The van der Waals surface area contributed by atoms with E-state index in [4.69, 9.17) is 10.0 Å². The number of hydrogen-bond acceptors (Lipinski definition) is 3. The van der Waals surface area contributed by atoms with Gasteiger partial charge in [-0.15, -0.1) is 0 Å². The summed E-state index contributed by atoms with van der Waals surface area (Å²) in [6.45, 7) is 2.88. The van der Waals surface area contributed by atoms with E-state index in [1.54, 1.807) is 12.1 Å². The summed E-state index contributed by atoms with van der Waals surface area (Å²) in [5, 5.41) is 18.2. The summed E-state index contributed by atoms with van der Waals surface area (Å²) in [5.74, 6) is -0.565. The quantitative estimate of drug-likeness (QED) is 0.784. The fourth-order valence-corrected chi connectivity index (χ4v) is 2.44. The van der Waals surface area contributed by atoms with E-state index >= 15 is 0 Å². The molecule has 0 saturated carbocycles. The van der Waals surface area contributed by atoms with Crippen LogP contribution in [0.2, 0.25) is 0 Å². The maximum absolute atomic E-state index is 13.3. The second kappa shape index (κ2) is 6.32. The zero-order valence-electron chi connectivity index (χ0n) is 10.5. The molecule has 1 fully saturated rings. The molecular formula is C13H19BFNO2. The molecule has 5 heteroatoms. The van der Waals surface area contributed by atoms with Crippen molar-refractivity contribution in [3.63, 3.8) is 0 Å². The van der Waals surface area contributed by atoms with E-state index in [2.05, 4.69) is 4.90 Å². The van der Waals surface area contributed by atoms with Gasteiger partial charge in [-0.25, -0.2) is 4.39 Å². The van der Waals surface area contributed by atoms with Crippen LogP contribution in [-0.4, -0.2) is 35.2 Å². The van der Waals surface area contributed by atoms with Crippen LogP contribution in [0.25, 0.3) is 0 Å². The van der Waals surface area contributed by atoms with E-state index < -0.39 is 12.9 Å². The number of benzene rings is 1. The summed E-state index contributed by atoms with van der Waals surface area (Å²) >= 11 is 0. The SMILES string of the molecule is OB(O)c1cc(CN2CCCCCC2)ccc1F. The Morgan fingerprint density at radius 1 is 1.11 bits per heavy atom. The number of rotatable bonds is 3. The molecular weight excluding hydrogens is 232 g/mol. The van der Waals surface area contributed by atoms with Gasteiger partial charge >= 0.3 is 7.12 Å². The molecule has 0 amide bonds. The molecule has 0 unspecified atom stereocenters. The molecule has 1 aliphatic rings. The second-order valence-electron chi connectivity index (χ2n) is 4.92. The van der Waals surface area contributed by atoms with Crippen molar-refractivity contribution in [2.24, 2.45) is 0 Å². The van der Waals surface area contributed by atoms with Crippen LogP contribution in [0.4, 0.5) is 4.39 Å². The van der Waals surface area contributed by atoms with Gasteiger partial charge < -0.3 is 10.0 Å². The molecule has 1 saturated heterocycles. The first kappa shape index (κ1) is 13.5. The largest absolute Gasteiger partial charge is 0.491 e. The summed E-state index contributed by atoms with van der Waals surface area (Å²) in [7, 11) is -1.74. The van der Waals surface area contributed by atoms with Crippen LogP contribution >= 0.6 is 0 Å². The fourth-order valence-electron chi connectivity index (χ4n) is 2.44. The molecule has 0 aliphatic carbocycles. The van der Waals surface area contributed by atoms with Gasteiger partial charge in [-0.3, -0.25) is 4.90 Å². The van der Waals surface area contributed by atoms with E-state index in [9.17, 15) is 4.39 Å². The zero-order chi connectivity index (χ0) is 13.0. The highest BCUT2D eigenvalue weighted by Crippen LogP contribution is 2.13. The Labute approximate surface area is 107 Å². The average Bonchev–Trinajstić information content (AvgIpc) is 2.60. The molecule has 1 heterocycles. The highest BCUT2D eigenvalue weighted by molar-refractivity contribution is 6.58. The van der Waals surface area contributed by atoms with E-state index in [-0.39, 0.29) is 5.46 Å². The van der Waals surface area contributed by atoms with Gasteiger partial charge in [-0.05, 0) is 37.6 Å². The van der Waals surface area contributed by atoms with Gasteiger partial charge in [0, 0.05) is 12.0 Å². The molecule has 0 radical (unpaired) electrons. The molecule has 0 bridgehead atoms. The van der Waals surface area contributed by atoms with Crippen LogP contribution < -0.4 is 5.46 Å². The van der Waals surface area contributed by atoms with Gasteiger partial charge in [0.25, 0.3) is 0 Å². The summed E-state index contributed by atoms with van der Waals surface area (Å²) in [4.78, 5) is 2.34. The Hall–Kier alpha value is -0.905. The third-order valence-electron chi connectivity index (χ3n) is 3.44. The lowest BCUT2D eigenvalue weighted by Crippen LogP contribution is -2.33. The Morgan fingerprint density at radius 3 is 2.39 bits per heavy atom. The minimum absolute atomic E-state index is 0.0395. The van der Waals surface area contributed by atoms with Gasteiger partial charge in [0.1, 0.15) is 5.82 Å². The Bertz CT molecular complexity index is 393. The van der Waals surface area contributed by atoms with Crippen molar-refractivity contribution in [3.05, 3.63) is 29.6 Å². The Balaban J connectivity index is 2.06. The number of nitrogens with zero attached hydrogens (tertiary/aromatic N) is 1. The maximum atomic E-state index is 13.3. The summed E-state index contributed by atoms with van der Waals surface area (Å²) < 4.78 is 13.3. The van der Waals surface area contributed by atoms with Crippen LogP contribution in [0.1, 0.15) is 31.2 Å². The second-order valence-corrected chi connectivity index (χ2v) is 4.92. The number of hydrogen-bond donors (Lipinski definition) is 2. The first-order valence-electron chi connectivity index (χ1n) is 6.53. The third kappa shape index (κ3) is 3.54. The van der Waals surface area contributed by atoms with Crippen molar-refractivity contribution in [1.29, 1.82) is 0 Å². The first-order valence-corrected chi connectivity index (χ1v) is 6.53. The average molecular weight is 251 g/mol. The highest BCUT2D eigenvalue weighted by atomic mass is 19.1. The molecule has 0 spiro atoms. The predicted octanol–water partition coefficient (Wildman–Crippen LogP) is 0.881. The summed E-state index contributed by atoms with van der Waals surface area (Å²) in [6.07, 6.45) is 4.97. The summed E-state index contributed by atoms with van der Waals surface area (Å²) in [6, 6.07) is 4.57. The van der Waals surface area contributed by atoms with Gasteiger partial charge in [-0.2, -0.15) is 0 Å². The summed E-state index contributed by atoms with van der Waals surface area (Å²) in [5.41, 5.74) is 0.892. The molecule has 2 N–H and O–H groups in total. The fraction of sp³-hybridized carbons (Fsp3) is 0.538. The topological polar surface area (TPSA) is 43.7 Å². The van der Waals surface area contributed by atoms with Crippen LogP contribution in [-0.2, 0) is 6.54 Å². The minimum atomic E-state index is -1.74. The van der Waals surface area contributed by atoms with Gasteiger partial charge in [-0.1, -0.05) is 25.0 Å². The normalized spacial score (nSPS) is 17.5. The molecule has 1 aromatic carbocycles. The molecule has 1 aromatic rings. The van der Waals surface area contributed by atoms with E-state index in [0.717, 1.165) is 25.2 Å². The van der Waals surface area contributed by atoms with E-state index in [1.807, 2.05) is 0 Å². The molecule has 3 nitrogen and oxygen atoms in total. The van der Waals surface area contributed by atoms with Crippen LogP contribution in [0.15, 0.2) is 18.2 Å². The van der Waals surface area contributed by atoms with E-state index in [1.165, 1.54) is 31.7 Å². The Kier molecular flexibility index (Phi) is 4.75. The van der Waals surface area contributed by atoms with Gasteiger partial charge in [0.05, 0.1) is 0 Å². The maximum Gasteiger partial charge on any atom is 0.491 e. The number of halogens is 1. The highest BCUT2D eigenvalue weighted by Gasteiger charge is 2.17. The third-order valence-corrected chi connectivity index (χ3v) is 3.44. The van der Waals surface area contributed by atoms with Gasteiger partial charge in [0.15, 0.2) is 0 Å². The molecule has 0 aromatic heterocycles. The van der Waals surface area contributed by atoms with Crippen molar-refractivity contribution in [3.8, 4) is 0 Å². The van der Waals surface area contributed by atoms with Crippen molar-refractivity contribution in [2.75, 3.05) is 13.1 Å². The van der Waals surface area contributed by atoms with Crippen molar-refractivity contribution >= 4 is 12.6 Å². The lowest BCUT2D eigenvalue weighted by Gasteiger charge is -2.20. The minimum Gasteiger partial charge on any atom is -0.423 e. The molecule has 2 rings (SSSR count). The van der Waals surface area contributed by atoms with Crippen molar-refractivity contribution in [2.45, 2.75) is 32.2 Å². The van der Waals surface area contributed by atoms with Crippen molar-refractivity contribution < 1.29 is 14.4 Å². The Morgan fingerprint density at radius 2 is 1.78 bits per heavy atom. The molecule has 0 atom stereocenters. The molecule has 1 aliphatic heterocycles. The smallest absolute Gasteiger partial charge is 0.423 e. The monoisotopic (exact) mass is 251 g/mol. The van der Waals surface area contributed by atoms with Crippen LogP contribution in [0.3, 0.4) is 0 Å². The van der Waals surface area contributed by atoms with Gasteiger partial charge in [0.2, 0.25) is 0 Å².